The van der Waals surface area contributed by atoms with Crippen LogP contribution in [-0.4, -0.2) is 23.1 Å². The molecular weight excluding hydrogens is 186 g/mol. The first-order chi connectivity index (χ1) is 7.43. The van der Waals surface area contributed by atoms with E-state index in [9.17, 15) is 0 Å². The summed E-state index contributed by atoms with van der Waals surface area (Å²) in [4.78, 5) is 8.08. The molecule has 2 fully saturated rings. The Hall–Kier alpha value is -0.830. The molecule has 1 aliphatic carbocycles. The van der Waals surface area contributed by atoms with Crippen LogP contribution in [0.25, 0.3) is 0 Å². The van der Waals surface area contributed by atoms with Crippen LogP contribution in [0, 0.1) is 0 Å². The Morgan fingerprint density at radius 2 is 2.00 bits per heavy atom. The van der Waals surface area contributed by atoms with E-state index in [2.05, 4.69) is 21.5 Å². The summed E-state index contributed by atoms with van der Waals surface area (Å²) in [6.07, 6.45) is 8.72. The van der Waals surface area contributed by atoms with E-state index in [0.29, 0.717) is 5.92 Å². The lowest BCUT2D eigenvalue weighted by molar-refractivity contribution is 0.409. The topological polar surface area (TPSA) is 40.7 Å². The molecule has 0 amide bonds. The number of H-pyrrole nitrogens is 1. The van der Waals surface area contributed by atoms with Gasteiger partial charge in [-0.2, -0.15) is 0 Å². The van der Waals surface area contributed by atoms with Crippen LogP contribution in [0.3, 0.4) is 0 Å². The molecule has 15 heavy (non-hydrogen) atoms. The van der Waals surface area contributed by atoms with Crippen molar-refractivity contribution in [2.75, 3.05) is 13.1 Å². The molecule has 2 aliphatic rings. The molecule has 0 bridgehead atoms. The molecule has 1 aromatic heterocycles. The van der Waals surface area contributed by atoms with Gasteiger partial charge >= 0.3 is 0 Å². The van der Waals surface area contributed by atoms with Crippen LogP contribution < -0.4 is 5.32 Å². The van der Waals surface area contributed by atoms with Crippen LogP contribution in [0.5, 0.6) is 0 Å². The Morgan fingerprint density at radius 1 is 1.13 bits per heavy atom. The second kappa shape index (κ2) is 3.97. The average molecular weight is 205 g/mol. The number of rotatable bonds is 2. The molecule has 3 nitrogen and oxygen atoms in total. The largest absolute Gasteiger partial charge is 0.345 e. The maximum absolute atomic E-state index is 4.55. The van der Waals surface area contributed by atoms with Gasteiger partial charge in [0.05, 0.1) is 0 Å². The summed E-state index contributed by atoms with van der Waals surface area (Å²) in [5, 5.41) is 3.44. The minimum absolute atomic E-state index is 0.618. The molecule has 0 aromatic carbocycles. The van der Waals surface area contributed by atoms with E-state index in [-0.39, 0.29) is 0 Å². The maximum atomic E-state index is 4.55. The Labute approximate surface area is 90.7 Å². The van der Waals surface area contributed by atoms with E-state index in [1.807, 2.05) is 0 Å². The molecule has 1 unspecified atom stereocenters. The van der Waals surface area contributed by atoms with Crippen molar-refractivity contribution in [3.63, 3.8) is 0 Å². The number of nitrogens with zero attached hydrogens (tertiary/aromatic N) is 1. The Morgan fingerprint density at radius 3 is 2.67 bits per heavy atom. The van der Waals surface area contributed by atoms with Gasteiger partial charge in [-0.15, -0.1) is 0 Å². The number of piperidine rings is 1. The Balaban J connectivity index is 1.71. The van der Waals surface area contributed by atoms with Crippen molar-refractivity contribution in [2.45, 2.75) is 43.9 Å². The summed E-state index contributed by atoms with van der Waals surface area (Å²) in [5.74, 6) is 2.61. The molecule has 0 radical (unpaired) electrons. The molecule has 82 valence electrons. The third-order valence-electron chi connectivity index (χ3n) is 3.84. The zero-order valence-electron chi connectivity index (χ0n) is 9.13. The zero-order chi connectivity index (χ0) is 10.1. The smallest absolute Gasteiger partial charge is 0.110 e. The second-order valence-electron chi connectivity index (χ2n) is 4.89. The van der Waals surface area contributed by atoms with Gasteiger partial charge in [0, 0.05) is 30.3 Å². The standard InChI is InChI=1S/C12H19N3/c1-3-9(4-1)11-8-14-12(15-11)10-5-2-6-13-7-10/h8-10,13H,1-7H2,(H,14,15). The number of nitrogens with one attached hydrogen (secondary N) is 2. The molecular formula is C12H19N3. The van der Waals surface area contributed by atoms with E-state index < -0.39 is 0 Å². The summed E-state index contributed by atoms with van der Waals surface area (Å²) < 4.78 is 0. The predicted molar refractivity (Wildman–Crippen MR) is 60.0 cm³/mol. The van der Waals surface area contributed by atoms with Gasteiger partial charge in [0.1, 0.15) is 5.82 Å². The fourth-order valence-corrected chi connectivity index (χ4v) is 2.57. The summed E-state index contributed by atoms with van der Waals surface area (Å²) in [5.41, 5.74) is 1.38. The first-order valence-corrected chi connectivity index (χ1v) is 6.19. The lowest BCUT2D eigenvalue weighted by Gasteiger charge is -2.24. The van der Waals surface area contributed by atoms with Crippen molar-refractivity contribution in [3.05, 3.63) is 17.7 Å². The van der Waals surface area contributed by atoms with E-state index in [4.69, 9.17) is 0 Å². The van der Waals surface area contributed by atoms with Gasteiger partial charge in [-0.3, -0.25) is 0 Å². The van der Waals surface area contributed by atoms with E-state index in [1.54, 1.807) is 0 Å². The number of aromatic nitrogens is 2. The average Bonchev–Trinajstić information content (AvgIpc) is 2.66. The minimum atomic E-state index is 0.618. The van der Waals surface area contributed by atoms with Gasteiger partial charge in [-0.25, -0.2) is 4.98 Å². The Bertz CT molecular complexity index is 321. The molecule has 0 spiro atoms. The van der Waals surface area contributed by atoms with Crippen LogP contribution in [0.4, 0.5) is 0 Å². The van der Waals surface area contributed by atoms with Gasteiger partial charge in [0.15, 0.2) is 0 Å². The molecule has 1 saturated heterocycles. The number of hydrogen-bond acceptors (Lipinski definition) is 2. The highest BCUT2D eigenvalue weighted by Crippen LogP contribution is 2.35. The van der Waals surface area contributed by atoms with Crippen LogP contribution in [0.15, 0.2) is 6.20 Å². The van der Waals surface area contributed by atoms with Gasteiger partial charge in [0.2, 0.25) is 0 Å². The number of aromatic amines is 1. The first kappa shape index (κ1) is 9.40. The normalized spacial score (nSPS) is 27.6. The van der Waals surface area contributed by atoms with Gasteiger partial charge in [-0.1, -0.05) is 6.42 Å². The quantitative estimate of drug-likeness (QED) is 0.776. The van der Waals surface area contributed by atoms with Crippen molar-refractivity contribution < 1.29 is 0 Å². The minimum Gasteiger partial charge on any atom is -0.345 e. The third-order valence-corrected chi connectivity index (χ3v) is 3.84. The van der Waals surface area contributed by atoms with Crippen LogP contribution >= 0.6 is 0 Å². The van der Waals surface area contributed by atoms with Gasteiger partial charge < -0.3 is 10.3 Å². The highest BCUT2D eigenvalue weighted by atomic mass is 15.0. The lowest BCUT2D eigenvalue weighted by Crippen LogP contribution is -2.29. The van der Waals surface area contributed by atoms with Crippen molar-refractivity contribution in [2.24, 2.45) is 0 Å². The van der Waals surface area contributed by atoms with E-state index in [0.717, 1.165) is 12.5 Å². The molecule has 3 heteroatoms. The third kappa shape index (κ3) is 1.81. The summed E-state index contributed by atoms with van der Waals surface area (Å²) in [6, 6.07) is 0. The van der Waals surface area contributed by atoms with Crippen molar-refractivity contribution in [3.8, 4) is 0 Å². The van der Waals surface area contributed by atoms with Gasteiger partial charge in [0.25, 0.3) is 0 Å². The predicted octanol–water partition coefficient (Wildman–Crippen LogP) is 2.14. The highest BCUT2D eigenvalue weighted by molar-refractivity contribution is 5.13. The van der Waals surface area contributed by atoms with E-state index >= 15 is 0 Å². The summed E-state index contributed by atoms with van der Waals surface area (Å²) in [6.45, 7) is 2.27. The molecule has 1 atom stereocenters. The lowest BCUT2D eigenvalue weighted by atomic mass is 9.83. The maximum Gasteiger partial charge on any atom is 0.110 e. The molecule has 1 saturated carbocycles. The van der Waals surface area contributed by atoms with E-state index in [1.165, 1.54) is 50.2 Å². The number of imidazole rings is 1. The first-order valence-electron chi connectivity index (χ1n) is 6.19. The Kier molecular flexibility index (Phi) is 2.49. The summed E-state index contributed by atoms with van der Waals surface area (Å²) in [7, 11) is 0. The molecule has 2 heterocycles. The number of hydrogen-bond donors (Lipinski definition) is 2. The second-order valence-corrected chi connectivity index (χ2v) is 4.89. The fraction of sp³-hybridized carbons (Fsp3) is 0.750. The molecule has 1 aromatic rings. The van der Waals surface area contributed by atoms with Crippen LogP contribution in [0.1, 0.15) is 55.5 Å². The molecule has 2 N–H and O–H groups in total. The zero-order valence-corrected chi connectivity index (χ0v) is 9.13. The van der Waals surface area contributed by atoms with Crippen molar-refractivity contribution in [1.29, 1.82) is 0 Å². The summed E-state index contributed by atoms with van der Waals surface area (Å²) >= 11 is 0. The van der Waals surface area contributed by atoms with Crippen molar-refractivity contribution >= 4 is 0 Å². The van der Waals surface area contributed by atoms with Crippen LogP contribution in [-0.2, 0) is 0 Å². The van der Waals surface area contributed by atoms with Crippen LogP contribution in [0.2, 0.25) is 0 Å². The monoisotopic (exact) mass is 205 g/mol. The van der Waals surface area contributed by atoms with Crippen molar-refractivity contribution in [1.82, 2.24) is 15.3 Å². The fourth-order valence-electron chi connectivity index (χ4n) is 2.57. The van der Waals surface area contributed by atoms with Gasteiger partial charge in [-0.05, 0) is 32.2 Å². The molecule has 1 aliphatic heterocycles. The highest BCUT2D eigenvalue weighted by Gasteiger charge is 2.23. The molecule has 3 rings (SSSR count). The SMILES string of the molecule is c1nc(C2CCCNC2)[nH]c1C1CCC1.